The van der Waals surface area contributed by atoms with Gasteiger partial charge in [0.1, 0.15) is 5.82 Å². The summed E-state index contributed by atoms with van der Waals surface area (Å²) in [5.74, 6) is 1.18. The average molecular weight is 178 g/mol. The van der Waals surface area contributed by atoms with Crippen molar-refractivity contribution in [3.05, 3.63) is 5.82 Å². The zero-order valence-corrected chi connectivity index (χ0v) is 7.23. The van der Waals surface area contributed by atoms with Gasteiger partial charge in [-0.25, -0.2) is 9.48 Å². The van der Waals surface area contributed by atoms with Crippen LogP contribution in [-0.2, 0) is 17.8 Å². The predicted octanol–water partition coefficient (Wildman–Crippen LogP) is 0.972. The van der Waals surface area contributed by atoms with Gasteiger partial charge in [0.15, 0.2) is 0 Å². The molecule has 0 unspecified atom stereocenters. The van der Waals surface area contributed by atoms with Crippen LogP contribution < -0.4 is 0 Å². The van der Waals surface area contributed by atoms with E-state index in [2.05, 4.69) is 15.1 Å². The lowest BCUT2D eigenvalue weighted by Crippen LogP contribution is -2.01. The second-order valence-electron chi connectivity index (χ2n) is 3.06. The molecule has 0 bridgehead atoms. The molecule has 68 valence electrons. The Morgan fingerprint density at radius 1 is 1.38 bits per heavy atom. The summed E-state index contributed by atoms with van der Waals surface area (Å²) in [6.07, 6.45) is 5.86. The quantitative estimate of drug-likeness (QED) is 0.475. The molecule has 5 heteroatoms. The maximum absolute atomic E-state index is 9.97. The summed E-state index contributed by atoms with van der Waals surface area (Å²) < 4.78 is 1.84. The van der Waals surface area contributed by atoms with Gasteiger partial charge in [-0.2, -0.15) is 4.98 Å². The van der Waals surface area contributed by atoms with Crippen LogP contribution in [0.3, 0.4) is 0 Å². The fraction of sp³-hybridized carbons (Fsp3) is 0.625. The minimum atomic E-state index is 0.243. The molecule has 13 heavy (non-hydrogen) atoms. The van der Waals surface area contributed by atoms with E-state index in [9.17, 15) is 4.79 Å². The number of carbonyl (C=O) groups excluding carboxylic acids is 1. The molecule has 2 rings (SSSR count). The molecule has 0 amide bonds. The van der Waals surface area contributed by atoms with Crippen molar-refractivity contribution in [3.8, 4) is 0 Å². The Labute approximate surface area is 75.5 Å². The summed E-state index contributed by atoms with van der Waals surface area (Å²) in [6.45, 7) is 0.886. The summed E-state index contributed by atoms with van der Waals surface area (Å²) in [6, 6.07) is 0. The number of rotatable bonds is 1. The Kier molecular flexibility index (Phi) is 2.19. The number of fused-ring (bicyclic) bond motifs is 1. The molecule has 2 heterocycles. The number of aromatic nitrogens is 3. The van der Waals surface area contributed by atoms with E-state index < -0.39 is 0 Å². The Hall–Kier alpha value is -1.48. The van der Waals surface area contributed by atoms with Crippen molar-refractivity contribution >= 4 is 12.0 Å². The van der Waals surface area contributed by atoms with E-state index in [1.54, 1.807) is 0 Å². The lowest BCUT2D eigenvalue weighted by molar-refractivity contribution is 0.563. The molecule has 0 saturated carbocycles. The minimum Gasteiger partial charge on any atom is -0.248 e. The SMILES string of the molecule is O=C=Nc1nc2n(n1)CCCCC2. The van der Waals surface area contributed by atoms with Crippen LogP contribution in [0, 0.1) is 0 Å². The summed E-state index contributed by atoms with van der Waals surface area (Å²) in [4.78, 5) is 17.5. The van der Waals surface area contributed by atoms with E-state index in [-0.39, 0.29) is 5.95 Å². The standard InChI is InChI=1S/C8H10N4O/c13-6-9-8-10-7-4-2-1-3-5-12(7)11-8/h1-5H2. The van der Waals surface area contributed by atoms with Crippen molar-refractivity contribution in [1.29, 1.82) is 0 Å². The van der Waals surface area contributed by atoms with E-state index >= 15 is 0 Å². The van der Waals surface area contributed by atoms with Crippen molar-refractivity contribution < 1.29 is 4.79 Å². The highest BCUT2D eigenvalue weighted by molar-refractivity contribution is 5.40. The molecule has 1 aliphatic rings. The molecule has 0 spiro atoms. The van der Waals surface area contributed by atoms with Gasteiger partial charge in [-0.05, 0) is 12.8 Å². The average Bonchev–Trinajstić information content (AvgIpc) is 2.37. The van der Waals surface area contributed by atoms with Gasteiger partial charge in [0, 0.05) is 13.0 Å². The largest absolute Gasteiger partial charge is 0.279 e. The molecule has 0 saturated heterocycles. The first-order chi connectivity index (χ1) is 6.40. The minimum absolute atomic E-state index is 0.243. The fourth-order valence-electron chi connectivity index (χ4n) is 1.53. The number of aryl methyl sites for hydroxylation is 2. The van der Waals surface area contributed by atoms with Gasteiger partial charge in [0.25, 0.3) is 5.95 Å². The lowest BCUT2D eigenvalue weighted by Gasteiger charge is -1.96. The fourth-order valence-corrected chi connectivity index (χ4v) is 1.53. The van der Waals surface area contributed by atoms with E-state index in [4.69, 9.17) is 0 Å². The number of nitrogens with zero attached hydrogens (tertiary/aromatic N) is 4. The Morgan fingerprint density at radius 3 is 3.15 bits per heavy atom. The first-order valence-corrected chi connectivity index (χ1v) is 4.42. The zero-order chi connectivity index (χ0) is 9.10. The Morgan fingerprint density at radius 2 is 2.31 bits per heavy atom. The van der Waals surface area contributed by atoms with Gasteiger partial charge in [0.05, 0.1) is 0 Å². The third-order valence-electron chi connectivity index (χ3n) is 2.15. The molecule has 1 aromatic rings. The van der Waals surface area contributed by atoms with Crippen LogP contribution in [-0.4, -0.2) is 20.8 Å². The maximum atomic E-state index is 9.97. The highest BCUT2D eigenvalue weighted by Crippen LogP contribution is 2.14. The number of aliphatic imine (C=N–C) groups is 1. The van der Waals surface area contributed by atoms with Gasteiger partial charge >= 0.3 is 0 Å². The van der Waals surface area contributed by atoms with Crippen LogP contribution in [0.2, 0.25) is 0 Å². The summed E-state index contributed by atoms with van der Waals surface area (Å²) in [7, 11) is 0. The van der Waals surface area contributed by atoms with Crippen molar-refractivity contribution in [2.75, 3.05) is 0 Å². The molecule has 0 radical (unpaired) electrons. The number of isocyanates is 1. The Balaban J connectivity index is 2.32. The van der Waals surface area contributed by atoms with Crippen LogP contribution in [0.4, 0.5) is 5.95 Å². The van der Waals surface area contributed by atoms with Crippen LogP contribution in [0.5, 0.6) is 0 Å². The van der Waals surface area contributed by atoms with Gasteiger partial charge in [-0.3, -0.25) is 0 Å². The molecule has 5 nitrogen and oxygen atoms in total. The Bertz CT molecular complexity index is 328. The van der Waals surface area contributed by atoms with Crippen molar-refractivity contribution in [2.45, 2.75) is 32.2 Å². The predicted molar refractivity (Wildman–Crippen MR) is 45.4 cm³/mol. The van der Waals surface area contributed by atoms with Crippen LogP contribution >= 0.6 is 0 Å². The molecule has 0 aliphatic carbocycles. The van der Waals surface area contributed by atoms with Gasteiger partial charge in [0.2, 0.25) is 6.08 Å². The van der Waals surface area contributed by atoms with Gasteiger partial charge in [-0.1, -0.05) is 6.42 Å². The van der Waals surface area contributed by atoms with E-state index in [0.717, 1.165) is 31.6 Å². The van der Waals surface area contributed by atoms with E-state index in [1.165, 1.54) is 12.5 Å². The monoisotopic (exact) mass is 178 g/mol. The number of hydrogen-bond donors (Lipinski definition) is 0. The lowest BCUT2D eigenvalue weighted by atomic mass is 10.2. The van der Waals surface area contributed by atoms with Crippen molar-refractivity contribution in [1.82, 2.24) is 14.8 Å². The molecular weight excluding hydrogens is 168 g/mol. The zero-order valence-electron chi connectivity index (χ0n) is 7.23. The maximum Gasteiger partial charge on any atom is 0.279 e. The first-order valence-electron chi connectivity index (χ1n) is 4.42. The first kappa shape index (κ1) is 8.13. The molecule has 0 aromatic carbocycles. The van der Waals surface area contributed by atoms with Gasteiger partial charge < -0.3 is 0 Å². The highest BCUT2D eigenvalue weighted by atomic mass is 16.1. The molecule has 0 N–H and O–H groups in total. The second kappa shape index (κ2) is 3.49. The molecule has 0 atom stereocenters. The normalized spacial score (nSPS) is 15.7. The molecular formula is C8H10N4O. The van der Waals surface area contributed by atoms with Crippen molar-refractivity contribution in [2.24, 2.45) is 4.99 Å². The number of hydrogen-bond acceptors (Lipinski definition) is 4. The second-order valence-corrected chi connectivity index (χ2v) is 3.06. The van der Waals surface area contributed by atoms with Gasteiger partial charge in [-0.15, -0.1) is 10.1 Å². The van der Waals surface area contributed by atoms with Crippen molar-refractivity contribution in [3.63, 3.8) is 0 Å². The third-order valence-corrected chi connectivity index (χ3v) is 2.15. The smallest absolute Gasteiger partial charge is 0.248 e. The van der Waals surface area contributed by atoms with E-state index in [1.807, 2.05) is 4.68 Å². The topological polar surface area (TPSA) is 60.1 Å². The summed E-state index contributed by atoms with van der Waals surface area (Å²) in [5, 5.41) is 4.08. The highest BCUT2D eigenvalue weighted by Gasteiger charge is 2.11. The summed E-state index contributed by atoms with van der Waals surface area (Å²) in [5.41, 5.74) is 0. The molecule has 0 fully saturated rings. The van der Waals surface area contributed by atoms with Crippen LogP contribution in [0.15, 0.2) is 4.99 Å². The molecule has 1 aliphatic heterocycles. The summed E-state index contributed by atoms with van der Waals surface area (Å²) >= 11 is 0. The van der Waals surface area contributed by atoms with Crippen LogP contribution in [0.25, 0.3) is 0 Å². The molecule has 1 aromatic heterocycles. The third kappa shape index (κ3) is 1.65. The van der Waals surface area contributed by atoms with Crippen LogP contribution in [0.1, 0.15) is 25.1 Å². The van der Waals surface area contributed by atoms with E-state index in [0.29, 0.717) is 0 Å².